The van der Waals surface area contributed by atoms with Gasteiger partial charge in [0.2, 0.25) is 0 Å². The van der Waals surface area contributed by atoms with Crippen molar-refractivity contribution in [3.63, 3.8) is 0 Å². The summed E-state index contributed by atoms with van der Waals surface area (Å²) in [7, 11) is 0. The van der Waals surface area contributed by atoms with E-state index in [2.05, 4.69) is 91.8 Å². The van der Waals surface area contributed by atoms with E-state index in [1.165, 1.54) is 11.1 Å². The van der Waals surface area contributed by atoms with Gasteiger partial charge in [-0.2, -0.15) is 0 Å². The zero-order chi connectivity index (χ0) is 21.7. The molecular weight excluding hydrogens is 352 g/mol. The fraction of sp³-hybridized carbons (Fsp3) is 0.714. The Bertz CT molecular complexity index is 587. The fourth-order valence-corrected chi connectivity index (χ4v) is 4.97. The fourth-order valence-electron chi connectivity index (χ4n) is 4.97. The molecular formula is C28H46O. The lowest BCUT2D eigenvalue weighted by Gasteiger charge is -2.45. The van der Waals surface area contributed by atoms with Crippen LogP contribution in [0.1, 0.15) is 93.9 Å². The number of rotatable bonds is 10. The molecule has 0 aromatic heterocycles. The highest BCUT2D eigenvalue weighted by Gasteiger charge is 2.40. The van der Waals surface area contributed by atoms with E-state index in [1.807, 2.05) is 0 Å². The lowest BCUT2D eigenvalue weighted by atomic mass is 9.79. The summed E-state index contributed by atoms with van der Waals surface area (Å²) in [5.41, 5.74) is 2.58. The maximum absolute atomic E-state index is 7.17. The molecule has 0 heterocycles. The Morgan fingerprint density at radius 3 is 1.28 bits per heavy atom. The van der Waals surface area contributed by atoms with Crippen molar-refractivity contribution in [2.24, 2.45) is 23.7 Å². The van der Waals surface area contributed by atoms with Crippen LogP contribution in [-0.4, -0.2) is 11.2 Å². The Balaban J connectivity index is 2.25. The minimum Gasteiger partial charge on any atom is -0.360 e. The Morgan fingerprint density at radius 2 is 1.03 bits per heavy atom. The van der Waals surface area contributed by atoms with Crippen molar-refractivity contribution in [1.82, 2.24) is 0 Å². The molecule has 0 fully saturated rings. The van der Waals surface area contributed by atoms with Crippen LogP contribution in [0.15, 0.2) is 47.6 Å². The standard InChI is InChI=1S/C28H46O/c1-21(2)17-25-9-13-27(14-10-25,19-23(5)6)29-28(20-24(7)8)15-11-26(12-16-28)18-22(3)4/h9-13,15,21-24H,14,16-20H2,1-8H3. The van der Waals surface area contributed by atoms with Crippen LogP contribution in [-0.2, 0) is 4.74 Å². The maximum atomic E-state index is 7.17. The maximum Gasteiger partial charge on any atom is 0.0914 e. The van der Waals surface area contributed by atoms with E-state index in [4.69, 9.17) is 4.74 Å². The van der Waals surface area contributed by atoms with Crippen molar-refractivity contribution >= 4 is 0 Å². The number of hydrogen-bond acceptors (Lipinski definition) is 1. The molecule has 0 aliphatic heterocycles. The Morgan fingerprint density at radius 1 is 0.655 bits per heavy atom. The largest absolute Gasteiger partial charge is 0.360 e. The van der Waals surface area contributed by atoms with Crippen LogP contribution < -0.4 is 0 Å². The topological polar surface area (TPSA) is 9.23 Å². The molecule has 164 valence electrons. The van der Waals surface area contributed by atoms with Crippen LogP contribution in [0.5, 0.6) is 0 Å². The molecule has 2 rings (SSSR count). The molecule has 0 radical (unpaired) electrons. The molecule has 0 saturated carbocycles. The Labute approximate surface area is 181 Å². The van der Waals surface area contributed by atoms with E-state index in [9.17, 15) is 0 Å². The summed E-state index contributed by atoms with van der Waals surface area (Å²) in [6.07, 6.45) is 20.8. The molecule has 0 aromatic rings. The molecule has 0 saturated heterocycles. The molecule has 1 nitrogen and oxygen atoms in total. The predicted octanol–water partition coefficient (Wildman–Crippen LogP) is 8.44. The van der Waals surface area contributed by atoms with Crippen molar-refractivity contribution < 1.29 is 4.74 Å². The van der Waals surface area contributed by atoms with Gasteiger partial charge in [-0.1, -0.05) is 103 Å². The average Bonchev–Trinajstić information content (AvgIpc) is 2.57. The summed E-state index contributed by atoms with van der Waals surface area (Å²) in [5.74, 6) is 2.61. The third-order valence-electron chi connectivity index (χ3n) is 5.82. The second-order valence-corrected chi connectivity index (χ2v) is 11.3. The SMILES string of the molecule is CC(C)CC1=CCC(CC(C)C)(OC2(CC(C)C)C=CC(CC(C)C)=CC2)C=C1. The second-order valence-electron chi connectivity index (χ2n) is 11.3. The van der Waals surface area contributed by atoms with Crippen LogP contribution in [0.3, 0.4) is 0 Å². The first kappa shape index (κ1) is 24.2. The third-order valence-corrected chi connectivity index (χ3v) is 5.82. The van der Waals surface area contributed by atoms with Gasteiger partial charge in [-0.05, 0) is 62.2 Å². The lowest BCUT2D eigenvalue weighted by Crippen LogP contribution is -2.45. The van der Waals surface area contributed by atoms with Gasteiger partial charge in [0.25, 0.3) is 0 Å². The van der Waals surface area contributed by atoms with E-state index >= 15 is 0 Å². The number of hydrogen-bond donors (Lipinski definition) is 0. The van der Waals surface area contributed by atoms with Gasteiger partial charge in [0.15, 0.2) is 0 Å². The smallest absolute Gasteiger partial charge is 0.0914 e. The first-order valence-corrected chi connectivity index (χ1v) is 12.0. The van der Waals surface area contributed by atoms with Gasteiger partial charge in [-0.3, -0.25) is 0 Å². The summed E-state index contributed by atoms with van der Waals surface area (Å²) in [6.45, 7) is 18.5. The molecule has 1 heteroatoms. The molecule has 2 aliphatic rings. The van der Waals surface area contributed by atoms with Crippen LogP contribution in [0.2, 0.25) is 0 Å². The molecule has 2 atom stereocenters. The zero-order valence-electron chi connectivity index (χ0n) is 20.4. The van der Waals surface area contributed by atoms with Gasteiger partial charge in [0.1, 0.15) is 0 Å². The van der Waals surface area contributed by atoms with Gasteiger partial charge < -0.3 is 4.74 Å². The van der Waals surface area contributed by atoms with E-state index in [-0.39, 0.29) is 11.2 Å². The normalized spacial score (nSPS) is 27.3. The van der Waals surface area contributed by atoms with Gasteiger partial charge >= 0.3 is 0 Å². The predicted molar refractivity (Wildman–Crippen MR) is 128 cm³/mol. The molecule has 0 amide bonds. The van der Waals surface area contributed by atoms with Gasteiger partial charge in [-0.15, -0.1) is 0 Å². The van der Waals surface area contributed by atoms with E-state index in [1.54, 1.807) is 0 Å². The highest BCUT2D eigenvalue weighted by atomic mass is 16.5. The minimum absolute atomic E-state index is 0.183. The second kappa shape index (κ2) is 10.3. The summed E-state index contributed by atoms with van der Waals surface area (Å²) in [4.78, 5) is 0. The summed E-state index contributed by atoms with van der Waals surface area (Å²) < 4.78 is 7.17. The van der Waals surface area contributed by atoms with Crippen LogP contribution in [0.25, 0.3) is 0 Å². The summed E-state index contributed by atoms with van der Waals surface area (Å²) >= 11 is 0. The Hall–Kier alpha value is -1.08. The lowest BCUT2D eigenvalue weighted by molar-refractivity contribution is -0.123. The molecule has 2 unspecified atom stereocenters. The Kier molecular flexibility index (Phi) is 8.59. The highest BCUT2D eigenvalue weighted by Crippen LogP contribution is 2.42. The molecule has 0 N–H and O–H groups in total. The van der Waals surface area contributed by atoms with Crippen molar-refractivity contribution in [1.29, 1.82) is 0 Å². The summed E-state index contributed by atoms with van der Waals surface area (Å²) in [5, 5.41) is 0. The van der Waals surface area contributed by atoms with E-state index in [0.717, 1.165) is 38.5 Å². The highest BCUT2D eigenvalue weighted by molar-refractivity contribution is 5.32. The van der Waals surface area contributed by atoms with Crippen molar-refractivity contribution in [2.45, 2.75) is 105 Å². The zero-order valence-corrected chi connectivity index (χ0v) is 20.4. The van der Waals surface area contributed by atoms with E-state index < -0.39 is 0 Å². The first-order chi connectivity index (χ1) is 13.5. The van der Waals surface area contributed by atoms with Crippen LogP contribution in [0, 0.1) is 23.7 Å². The average molecular weight is 399 g/mol. The number of allylic oxidation sites excluding steroid dienone is 4. The monoisotopic (exact) mass is 398 g/mol. The molecule has 0 spiro atoms. The molecule has 0 aromatic carbocycles. The van der Waals surface area contributed by atoms with Crippen LogP contribution in [0.4, 0.5) is 0 Å². The van der Waals surface area contributed by atoms with Gasteiger partial charge in [-0.25, -0.2) is 0 Å². The van der Waals surface area contributed by atoms with Gasteiger partial charge in [0, 0.05) is 0 Å². The van der Waals surface area contributed by atoms with E-state index in [0.29, 0.717) is 23.7 Å². The summed E-state index contributed by atoms with van der Waals surface area (Å²) in [6, 6.07) is 0. The molecule has 2 aliphatic carbocycles. The third kappa shape index (κ3) is 7.59. The minimum atomic E-state index is -0.183. The number of ether oxygens (including phenoxy) is 1. The van der Waals surface area contributed by atoms with Crippen molar-refractivity contribution in [3.05, 3.63) is 47.6 Å². The van der Waals surface area contributed by atoms with Crippen LogP contribution >= 0.6 is 0 Å². The molecule has 29 heavy (non-hydrogen) atoms. The first-order valence-electron chi connectivity index (χ1n) is 12.0. The molecule has 0 bridgehead atoms. The quantitative estimate of drug-likeness (QED) is 0.359. The van der Waals surface area contributed by atoms with Crippen molar-refractivity contribution in [2.75, 3.05) is 0 Å². The van der Waals surface area contributed by atoms with Gasteiger partial charge in [0.05, 0.1) is 11.2 Å². The van der Waals surface area contributed by atoms with Crippen molar-refractivity contribution in [3.8, 4) is 0 Å².